The molecule has 2 rings (SSSR count). The number of esters is 1. The zero-order chi connectivity index (χ0) is 9.47. The second-order valence-electron chi connectivity index (χ2n) is 3.30. The van der Waals surface area contributed by atoms with Gasteiger partial charge in [0.25, 0.3) is 0 Å². The van der Waals surface area contributed by atoms with Gasteiger partial charge >= 0.3 is 5.97 Å². The summed E-state index contributed by atoms with van der Waals surface area (Å²) in [6, 6.07) is 3.98. The molecule has 70 valence electrons. The van der Waals surface area contributed by atoms with Gasteiger partial charge in [-0.3, -0.25) is 4.79 Å². The average molecular weight is 197 g/mol. The van der Waals surface area contributed by atoms with Gasteiger partial charge < -0.3 is 10.5 Å². The zero-order valence-electron chi connectivity index (χ0n) is 7.32. The molecular formula is C9H11NO2S. The van der Waals surface area contributed by atoms with Gasteiger partial charge in [0.1, 0.15) is 5.54 Å². The van der Waals surface area contributed by atoms with E-state index >= 15 is 0 Å². The molecule has 0 aromatic carbocycles. The summed E-state index contributed by atoms with van der Waals surface area (Å²) < 4.78 is 4.65. The lowest BCUT2D eigenvalue weighted by Crippen LogP contribution is -2.35. The third kappa shape index (κ3) is 1.26. The van der Waals surface area contributed by atoms with Crippen LogP contribution in [-0.4, -0.2) is 18.6 Å². The van der Waals surface area contributed by atoms with Crippen LogP contribution in [0.3, 0.4) is 0 Å². The molecule has 4 heteroatoms. The number of carbonyl (C=O) groups is 1. The first-order valence-electron chi connectivity index (χ1n) is 4.09. The first kappa shape index (κ1) is 8.72. The van der Waals surface area contributed by atoms with Crippen LogP contribution in [0.25, 0.3) is 0 Å². The molecule has 0 bridgehead atoms. The van der Waals surface area contributed by atoms with E-state index in [1.807, 2.05) is 17.5 Å². The molecular weight excluding hydrogens is 186 g/mol. The summed E-state index contributed by atoms with van der Waals surface area (Å²) in [5.41, 5.74) is 5.12. The van der Waals surface area contributed by atoms with Crippen molar-refractivity contribution in [2.45, 2.75) is 17.9 Å². The number of carbonyl (C=O) groups excluding carboxylic acids is 1. The lowest BCUT2D eigenvalue weighted by Gasteiger charge is -2.06. The molecule has 1 aromatic heterocycles. The van der Waals surface area contributed by atoms with Gasteiger partial charge in [-0.1, -0.05) is 6.07 Å². The van der Waals surface area contributed by atoms with Crippen LogP contribution in [-0.2, 0) is 9.53 Å². The first-order valence-corrected chi connectivity index (χ1v) is 4.97. The fourth-order valence-electron chi connectivity index (χ4n) is 1.54. The monoisotopic (exact) mass is 197 g/mol. The third-order valence-corrected chi connectivity index (χ3v) is 3.44. The maximum absolute atomic E-state index is 11.3. The number of methoxy groups -OCH3 is 1. The topological polar surface area (TPSA) is 52.3 Å². The van der Waals surface area contributed by atoms with Gasteiger partial charge in [0, 0.05) is 10.8 Å². The molecule has 3 nitrogen and oxygen atoms in total. The highest BCUT2D eigenvalue weighted by atomic mass is 32.1. The average Bonchev–Trinajstić information content (AvgIpc) is 2.65. The van der Waals surface area contributed by atoms with Gasteiger partial charge in [0.05, 0.1) is 7.11 Å². The van der Waals surface area contributed by atoms with Crippen LogP contribution in [0, 0.1) is 0 Å². The Balaban J connectivity index is 2.14. The van der Waals surface area contributed by atoms with Gasteiger partial charge in [-0.05, 0) is 17.9 Å². The minimum absolute atomic E-state index is 0.167. The second-order valence-corrected chi connectivity index (χ2v) is 4.28. The number of ether oxygens (including phenoxy) is 1. The Hall–Kier alpha value is -0.870. The Bertz CT molecular complexity index is 322. The molecule has 0 radical (unpaired) electrons. The van der Waals surface area contributed by atoms with Gasteiger partial charge in [-0.25, -0.2) is 0 Å². The highest BCUT2D eigenvalue weighted by Gasteiger charge is 2.59. The highest BCUT2D eigenvalue weighted by molar-refractivity contribution is 7.10. The lowest BCUT2D eigenvalue weighted by molar-refractivity contribution is -0.143. The maximum Gasteiger partial charge on any atom is 0.326 e. The number of rotatable bonds is 2. The van der Waals surface area contributed by atoms with Crippen molar-refractivity contribution in [2.75, 3.05) is 7.11 Å². The Morgan fingerprint density at radius 3 is 3.15 bits per heavy atom. The maximum atomic E-state index is 11.3. The van der Waals surface area contributed by atoms with E-state index in [0.717, 1.165) is 0 Å². The smallest absolute Gasteiger partial charge is 0.326 e. The summed E-state index contributed by atoms with van der Waals surface area (Å²) >= 11 is 1.64. The number of hydrogen-bond donors (Lipinski definition) is 1. The molecule has 0 spiro atoms. The summed E-state index contributed by atoms with van der Waals surface area (Å²) in [4.78, 5) is 12.4. The predicted octanol–water partition coefficient (Wildman–Crippen LogP) is 1.11. The molecule has 2 atom stereocenters. The molecule has 0 aliphatic heterocycles. The van der Waals surface area contributed by atoms with Crippen molar-refractivity contribution in [1.29, 1.82) is 0 Å². The Labute approximate surface area is 80.5 Å². The second kappa shape index (κ2) is 2.82. The van der Waals surface area contributed by atoms with E-state index < -0.39 is 5.54 Å². The molecule has 1 aromatic rings. The van der Waals surface area contributed by atoms with E-state index in [1.165, 1.54) is 12.0 Å². The molecule has 1 aliphatic carbocycles. The number of thiophene rings is 1. The summed E-state index contributed by atoms with van der Waals surface area (Å²) in [5.74, 6) is -0.133. The van der Waals surface area contributed by atoms with Crippen molar-refractivity contribution in [3.8, 4) is 0 Å². The van der Waals surface area contributed by atoms with Crippen molar-refractivity contribution in [3.63, 3.8) is 0 Å². The standard InChI is InChI=1S/C9H11NO2S/c1-12-8(11)9(10)5-6(9)7-3-2-4-13-7/h2-4,6H,5,10H2,1H3. The fourth-order valence-corrected chi connectivity index (χ4v) is 2.47. The molecule has 1 saturated carbocycles. The van der Waals surface area contributed by atoms with E-state index in [9.17, 15) is 4.79 Å². The number of hydrogen-bond acceptors (Lipinski definition) is 4. The van der Waals surface area contributed by atoms with Crippen LogP contribution < -0.4 is 5.73 Å². The third-order valence-electron chi connectivity index (χ3n) is 2.46. The van der Waals surface area contributed by atoms with E-state index in [2.05, 4.69) is 4.74 Å². The van der Waals surface area contributed by atoms with E-state index in [-0.39, 0.29) is 11.9 Å². The molecule has 13 heavy (non-hydrogen) atoms. The molecule has 1 heterocycles. The molecule has 1 fully saturated rings. The molecule has 2 N–H and O–H groups in total. The van der Waals surface area contributed by atoms with Crippen molar-refractivity contribution >= 4 is 17.3 Å². The Morgan fingerprint density at radius 1 is 1.85 bits per heavy atom. The van der Waals surface area contributed by atoms with Crippen molar-refractivity contribution in [2.24, 2.45) is 5.73 Å². The van der Waals surface area contributed by atoms with Gasteiger partial charge in [0.2, 0.25) is 0 Å². The largest absolute Gasteiger partial charge is 0.468 e. The van der Waals surface area contributed by atoms with E-state index in [0.29, 0.717) is 6.42 Å². The van der Waals surface area contributed by atoms with Crippen molar-refractivity contribution in [1.82, 2.24) is 0 Å². The van der Waals surface area contributed by atoms with Crippen molar-refractivity contribution in [3.05, 3.63) is 22.4 Å². The zero-order valence-corrected chi connectivity index (χ0v) is 8.14. The summed E-state index contributed by atoms with van der Waals surface area (Å²) in [5, 5.41) is 1.99. The summed E-state index contributed by atoms with van der Waals surface area (Å²) in [6.07, 6.45) is 0.709. The SMILES string of the molecule is COC(=O)C1(N)CC1c1cccs1. The molecule has 0 saturated heterocycles. The summed E-state index contributed by atoms with van der Waals surface area (Å²) in [6.45, 7) is 0. The molecule has 1 aliphatic rings. The van der Waals surface area contributed by atoms with Crippen LogP contribution >= 0.6 is 11.3 Å². The normalized spacial score (nSPS) is 31.4. The van der Waals surface area contributed by atoms with Crippen LogP contribution in [0.1, 0.15) is 17.2 Å². The molecule has 0 amide bonds. The van der Waals surface area contributed by atoms with Gasteiger partial charge in [0.15, 0.2) is 0 Å². The van der Waals surface area contributed by atoms with Crippen LogP contribution in [0.2, 0.25) is 0 Å². The predicted molar refractivity (Wildman–Crippen MR) is 50.6 cm³/mol. The number of nitrogens with two attached hydrogens (primary N) is 1. The quantitative estimate of drug-likeness (QED) is 0.722. The highest BCUT2D eigenvalue weighted by Crippen LogP contribution is 2.51. The lowest BCUT2D eigenvalue weighted by atomic mass is 10.2. The van der Waals surface area contributed by atoms with Crippen LogP contribution in [0.15, 0.2) is 17.5 Å². The van der Waals surface area contributed by atoms with Gasteiger partial charge in [-0.2, -0.15) is 0 Å². The molecule has 2 unspecified atom stereocenters. The Morgan fingerprint density at radius 2 is 2.62 bits per heavy atom. The minimum atomic E-state index is -0.750. The Kier molecular flexibility index (Phi) is 1.89. The minimum Gasteiger partial charge on any atom is -0.468 e. The fraction of sp³-hybridized carbons (Fsp3) is 0.444. The van der Waals surface area contributed by atoms with Crippen molar-refractivity contribution < 1.29 is 9.53 Å². The van der Waals surface area contributed by atoms with Crippen LogP contribution in [0.5, 0.6) is 0 Å². The van der Waals surface area contributed by atoms with Crippen LogP contribution in [0.4, 0.5) is 0 Å². The van der Waals surface area contributed by atoms with E-state index in [4.69, 9.17) is 5.73 Å². The first-order chi connectivity index (χ1) is 6.18. The summed E-state index contributed by atoms with van der Waals surface area (Å²) in [7, 11) is 1.38. The van der Waals surface area contributed by atoms with E-state index in [1.54, 1.807) is 11.3 Å². The van der Waals surface area contributed by atoms with Gasteiger partial charge in [-0.15, -0.1) is 11.3 Å².